The fraction of sp³-hybridized carbons (Fsp3) is 0.115. The first-order valence-corrected chi connectivity index (χ1v) is 11.6. The maximum Gasteiger partial charge on any atom is 0.255 e. The summed E-state index contributed by atoms with van der Waals surface area (Å²) in [7, 11) is 0. The highest BCUT2D eigenvalue weighted by Gasteiger charge is 2.33. The van der Waals surface area contributed by atoms with E-state index < -0.39 is 6.04 Å². The van der Waals surface area contributed by atoms with Gasteiger partial charge in [-0.15, -0.1) is 0 Å². The molecule has 0 aliphatic carbocycles. The number of ether oxygens (including phenoxy) is 1. The Bertz CT molecular complexity index is 1330. The summed E-state index contributed by atoms with van der Waals surface area (Å²) in [5.41, 5.74) is 4.02. The fourth-order valence-electron chi connectivity index (χ4n) is 3.91. The number of para-hydroxylation sites is 1. The molecule has 1 aliphatic rings. The van der Waals surface area contributed by atoms with Gasteiger partial charge in [0.25, 0.3) is 5.91 Å². The zero-order valence-electron chi connectivity index (χ0n) is 18.4. The highest BCUT2D eigenvalue weighted by molar-refractivity contribution is 9.10. The number of carbonyl (C=O) groups excluding carboxylic acids is 1. The third-order valence-electron chi connectivity index (χ3n) is 5.59. The zero-order chi connectivity index (χ0) is 23.5. The molecule has 8 heteroatoms. The largest absolute Gasteiger partial charge is 0.489 e. The molecule has 7 nitrogen and oxygen atoms in total. The molecule has 1 unspecified atom stereocenters. The van der Waals surface area contributed by atoms with E-state index in [9.17, 15) is 4.79 Å². The Morgan fingerprint density at radius 2 is 1.79 bits per heavy atom. The van der Waals surface area contributed by atoms with Crippen LogP contribution in [0.5, 0.6) is 5.75 Å². The van der Waals surface area contributed by atoms with E-state index in [4.69, 9.17) is 4.74 Å². The Morgan fingerprint density at radius 1 is 1.06 bits per heavy atom. The fourth-order valence-corrected chi connectivity index (χ4v) is 4.17. The van der Waals surface area contributed by atoms with Gasteiger partial charge < -0.3 is 15.4 Å². The molecule has 0 bridgehead atoms. The summed E-state index contributed by atoms with van der Waals surface area (Å²) in [6.45, 7) is 2.34. The lowest BCUT2D eigenvalue weighted by Gasteiger charge is -2.28. The van der Waals surface area contributed by atoms with Crippen LogP contribution in [0.15, 0.2) is 101 Å². The molecule has 1 amide bonds. The number of anilines is 2. The van der Waals surface area contributed by atoms with E-state index in [0.29, 0.717) is 18.1 Å². The van der Waals surface area contributed by atoms with Crippen LogP contribution in [0.3, 0.4) is 0 Å². The van der Waals surface area contributed by atoms with Gasteiger partial charge in [-0.25, -0.2) is 4.68 Å². The molecule has 1 atom stereocenters. The number of hydrogen-bond donors (Lipinski definition) is 2. The molecule has 0 saturated carbocycles. The number of benzene rings is 3. The molecule has 2 N–H and O–H groups in total. The monoisotopic (exact) mass is 515 g/mol. The van der Waals surface area contributed by atoms with Crippen molar-refractivity contribution < 1.29 is 9.53 Å². The summed E-state index contributed by atoms with van der Waals surface area (Å²) in [5.74, 6) is 1.14. The van der Waals surface area contributed by atoms with Crippen molar-refractivity contribution >= 4 is 33.5 Å². The number of hydrogen-bond acceptors (Lipinski definition) is 5. The molecular formula is C26H22BrN5O2. The van der Waals surface area contributed by atoms with Gasteiger partial charge in [-0.2, -0.15) is 10.1 Å². The molecule has 1 aliphatic heterocycles. The van der Waals surface area contributed by atoms with E-state index >= 15 is 0 Å². The van der Waals surface area contributed by atoms with Crippen molar-refractivity contribution in [2.45, 2.75) is 19.6 Å². The number of nitrogens with zero attached hydrogens (tertiary/aromatic N) is 3. The first kappa shape index (κ1) is 21.9. The number of nitrogens with one attached hydrogen (secondary N) is 2. The molecule has 0 saturated heterocycles. The maximum absolute atomic E-state index is 13.3. The van der Waals surface area contributed by atoms with Gasteiger partial charge in [-0.05, 0) is 54.4 Å². The van der Waals surface area contributed by atoms with Crippen molar-refractivity contribution in [3.05, 3.63) is 112 Å². The van der Waals surface area contributed by atoms with Crippen molar-refractivity contribution in [2.24, 2.45) is 0 Å². The van der Waals surface area contributed by atoms with Crippen LogP contribution in [0.4, 0.5) is 11.6 Å². The van der Waals surface area contributed by atoms with Crippen LogP contribution in [0.25, 0.3) is 0 Å². The van der Waals surface area contributed by atoms with Crippen molar-refractivity contribution in [3.8, 4) is 5.75 Å². The van der Waals surface area contributed by atoms with E-state index in [1.54, 1.807) is 4.68 Å². The summed E-state index contributed by atoms with van der Waals surface area (Å²) in [5, 5.41) is 10.6. The second-order valence-electron chi connectivity index (χ2n) is 7.90. The average Bonchev–Trinajstić information content (AvgIpc) is 3.32. The van der Waals surface area contributed by atoms with Crippen LogP contribution >= 0.6 is 15.9 Å². The predicted octanol–water partition coefficient (Wildman–Crippen LogP) is 5.55. The first-order chi connectivity index (χ1) is 16.6. The Kier molecular flexibility index (Phi) is 6.14. The SMILES string of the molecule is CC1=C(C(=O)Nc2ccccc2)C(c2ccc(OCc3ccc(Br)cc3)cc2)n2ncnc2N1. The number of carbonyl (C=O) groups is 1. The number of halogens is 1. The van der Waals surface area contributed by atoms with Crippen molar-refractivity contribution in [1.29, 1.82) is 0 Å². The van der Waals surface area contributed by atoms with Crippen molar-refractivity contribution in [2.75, 3.05) is 10.6 Å². The molecule has 0 spiro atoms. The van der Waals surface area contributed by atoms with Crippen molar-refractivity contribution in [1.82, 2.24) is 14.8 Å². The number of aromatic nitrogens is 3. The molecule has 0 fully saturated rings. The Balaban J connectivity index is 1.40. The number of allylic oxidation sites excluding steroid dienone is 1. The second-order valence-corrected chi connectivity index (χ2v) is 8.81. The van der Waals surface area contributed by atoms with E-state index in [1.807, 2.05) is 85.8 Å². The number of rotatable bonds is 6. The summed E-state index contributed by atoms with van der Waals surface area (Å²) in [4.78, 5) is 17.6. The van der Waals surface area contributed by atoms with Gasteiger partial charge >= 0.3 is 0 Å². The van der Waals surface area contributed by atoms with Gasteiger partial charge in [0, 0.05) is 15.9 Å². The summed E-state index contributed by atoms with van der Waals surface area (Å²) < 4.78 is 8.71. The lowest BCUT2D eigenvalue weighted by atomic mass is 9.95. The zero-order valence-corrected chi connectivity index (χ0v) is 20.0. The summed E-state index contributed by atoms with van der Waals surface area (Å²) >= 11 is 3.44. The molecule has 1 aromatic heterocycles. The van der Waals surface area contributed by atoms with Crippen LogP contribution in [0.1, 0.15) is 24.1 Å². The Hall–Kier alpha value is -3.91. The topological polar surface area (TPSA) is 81.1 Å². The van der Waals surface area contributed by atoms with Crippen LogP contribution in [-0.2, 0) is 11.4 Å². The smallest absolute Gasteiger partial charge is 0.255 e. The van der Waals surface area contributed by atoms with E-state index in [2.05, 4.69) is 36.6 Å². The minimum Gasteiger partial charge on any atom is -0.489 e. The molecule has 2 heterocycles. The average molecular weight is 516 g/mol. The molecule has 0 radical (unpaired) electrons. The quantitative estimate of drug-likeness (QED) is 0.352. The van der Waals surface area contributed by atoms with Gasteiger partial charge in [0.05, 0.1) is 5.57 Å². The third kappa shape index (κ3) is 4.58. The van der Waals surface area contributed by atoms with Gasteiger partial charge in [0.1, 0.15) is 24.7 Å². The third-order valence-corrected chi connectivity index (χ3v) is 6.11. The van der Waals surface area contributed by atoms with Gasteiger partial charge in [0.2, 0.25) is 5.95 Å². The predicted molar refractivity (Wildman–Crippen MR) is 134 cm³/mol. The molecular weight excluding hydrogens is 494 g/mol. The molecule has 170 valence electrons. The van der Waals surface area contributed by atoms with Crippen LogP contribution in [-0.4, -0.2) is 20.7 Å². The Labute approximate surface area is 205 Å². The summed E-state index contributed by atoms with van der Waals surface area (Å²) in [6, 6.07) is 24.7. The minimum atomic E-state index is -0.428. The van der Waals surface area contributed by atoms with Crippen LogP contribution in [0.2, 0.25) is 0 Å². The molecule has 34 heavy (non-hydrogen) atoms. The second kappa shape index (κ2) is 9.52. The van der Waals surface area contributed by atoms with Crippen LogP contribution < -0.4 is 15.4 Å². The van der Waals surface area contributed by atoms with E-state index in [0.717, 1.165) is 32.7 Å². The highest BCUT2D eigenvalue weighted by atomic mass is 79.9. The van der Waals surface area contributed by atoms with E-state index in [1.165, 1.54) is 6.33 Å². The first-order valence-electron chi connectivity index (χ1n) is 10.8. The lowest BCUT2D eigenvalue weighted by molar-refractivity contribution is -0.113. The summed E-state index contributed by atoms with van der Waals surface area (Å²) in [6.07, 6.45) is 1.48. The standard InChI is InChI=1S/C26H22BrN5O2/c1-17-23(25(33)31-21-5-3-2-4-6-21)24(32-26(30-17)28-16-29-32)19-9-13-22(14-10-19)34-15-18-7-11-20(27)12-8-18/h2-14,16,24H,15H2,1H3,(H,31,33)(H,28,29,30). The number of fused-ring (bicyclic) bond motifs is 1. The van der Waals surface area contributed by atoms with Crippen LogP contribution in [0, 0.1) is 0 Å². The minimum absolute atomic E-state index is 0.196. The highest BCUT2D eigenvalue weighted by Crippen LogP contribution is 2.35. The van der Waals surface area contributed by atoms with Gasteiger partial charge in [-0.1, -0.05) is 58.4 Å². The number of amides is 1. The lowest BCUT2D eigenvalue weighted by Crippen LogP contribution is -2.31. The molecule has 4 aromatic rings. The molecule has 3 aromatic carbocycles. The normalized spacial score (nSPS) is 14.8. The van der Waals surface area contributed by atoms with Gasteiger partial charge in [-0.3, -0.25) is 4.79 Å². The Morgan fingerprint density at radius 3 is 2.53 bits per heavy atom. The van der Waals surface area contributed by atoms with Gasteiger partial charge in [0.15, 0.2) is 0 Å². The van der Waals surface area contributed by atoms with E-state index in [-0.39, 0.29) is 5.91 Å². The molecule has 5 rings (SSSR count). The maximum atomic E-state index is 13.3. The van der Waals surface area contributed by atoms with Crippen molar-refractivity contribution in [3.63, 3.8) is 0 Å².